The predicted octanol–water partition coefficient (Wildman–Crippen LogP) is 3.79. The maximum Gasteiger partial charge on any atom is 0.161 e. The Hall–Kier alpha value is -1.22. The lowest BCUT2D eigenvalue weighted by Gasteiger charge is -2.26. The quantitative estimate of drug-likeness (QED) is 0.894. The van der Waals surface area contributed by atoms with Crippen LogP contribution in [0.1, 0.15) is 45.2 Å². The molecule has 116 valence electrons. The SMILES string of the molecule is CCNC(c1ccc2c(c1)OCC(C)CO2)C(C)C1CC1. The van der Waals surface area contributed by atoms with Gasteiger partial charge >= 0.3 is 0 Å². The number of nitrogens with one attached hydrogen (secondary N) is 1. The Morgan fingerprint density at radius 1 is 1.19 bits per heavy atom. The number of rotatable bonds is 5. The first-order valence-corrected chi connectivity index (χ1v) is 8.32. The third-order valence-electron chi connectivity index (χ3n) is 4.69. The van der Waals surface area contributed by atoms with E-state index in [2.05, 4.69) is 44.3 Å². The fraction of sp³-hybridized carbons (Fsp3) is 0.667. The van der Waals surface area contributed by atoms with Crippen molar-refractivity contribution < 1.29 is 9.47 Å². The molecular formula is C18H27NO2. The number of ether oxygens (including phenoxy) is 2. The zero-order valence-corrected chi connectivity index (χ0v) is 13.4. The van der Waals surface area contributed by atoms with E-state index < -0.39 is 0 Å². The van der Waals surface area contributed by atoms with Crippen LogP contribution in [0.25, 0.3) is 0 Å². The summed E-state index contributed by atoms with van der Waals surface area (Å²) in [5, 5.41) is 3.65. The molecule has 0 saturated heterocycles. The van der Waals surface area contributed by atoms with Gasteiger partial charge in [-0.2, -0.15) is 0 Å². The van der Waals surface area contributed by atoms with Crippen LogP contribution in [0.15, 0.2) is 18.2 Å². The van der Waals surface area contributed by atoms with Gasteiger partial charge in [-0.15, -0.1) is 0 Å². The average Bonchev–Trinajstić information content (AvgIpc) is 3.32. The van der Waals surface area contributed by atoms with Gasteiger partial charge in [0.2, 0.25) is 0 Å². The summed E-state index contributed by atoms with van der Waals surface area (Å²) < 4.78 is 11.8. The molecule has 1 aromatic carbocycles. The summed E-state index contributed by atoms with van der Waals surface area (Å²) in [4.78, 5) is 0. The van der Waals surface area contributed by atoms with Crippen LogP contribution in [0.5, 0.6) is 11.5 Å². The van der Waals surface area contributed by atoms with E-state index in [1.54, 1.807) is 0 Å². The number of fused-ring (bicyclic) bond motifs is 1. The molecule has 0 bridgehead atoms. The molecule has 1 aromatic rings. The number of benzene rings is 1. The molecule has 1 heterocycles. The lowest BCUT2D eigenvalue weighted by atomic mass is 9.90. The lowest BCUT2D eigenvalue weighted by molar-refractivity contribution is 0.228. The van der Waals surface area contributed by atoms with Crippen LogP contribution in [0.4, 0.5) is 0 Å². The first-order chi connectivity index (χ1) is 10.2. The number of hydrogen-bond acceptors (Lipinski definition) is 3. The second-order valence-electron chi connectivity index (χ2n) is 6.67. The van der Waals surface area contributed by atoms with Crippen molar-refractivity contribution in [3.05, 3.63) is 23.8 Å². The summed E-state index contributed by atoms with van der Waals surface area (Å²) in [6.07, 6.45) is 2.76. The van der Waals surface area contributed by atoms with E-state index in [0.29, 0.717) is 17.9 Å². The van der Waals surface area contributed by atoms with E-state index in [4.69, 9.17) is 9.47 Å². The summed E-state index contributed by atoms with van der Waals surface area (Å²) in [6.45, 7) is 9.17. The van der Waals surface area contributed by atoms with Crippen molar-refractivity contribution in [3.63, 3.8) is 0 Å². The zero-order valence-electron chi connectivity index (χ0n) is 13.4. The third-order valence-corrected chi connectivity index (χ3v) is 4.69. The van der Waals surface area contributed by atoms with E-state index in [-0.39, 0.29) is 0 Å². The predicted molar refractivity (Wildman–Crippen MR) is 84.9 cm³/mol. The van der Waals surface area contributed by atoms with Gasteiger partial charge in [-0.25, -0.2) is 0 Å². The molecule has 3 rings (SSSR count). The minimum Gasteiger partial charge on any atom is -0.489 e. The molecule has 21 heavy (non-hydrogen) atoms. The van der Waals surface area contributed by atoms with Crippen LogP contribution in [0.3, 0.4) is 0 Å². The van der Waals surface area contributed by atoms with Crippen LogP contribution in [0, 0.1) is 17.8 Å². The highest BCUT2D eigenvalue weighted by molar-refractivity contribution is 5.44. The Morgan fingerprint density at radius 3 is 2.57 bits per heavy atom. The molecule has 0 spiro atoms. The van der Waals surface area contributed by atoms with Gasteiger partial charge < -0.3 is 14.8 Å². The molecule has 3 nitrogen and oxygen atoms in total. The van der Waals surface area contributed by atoms with Crippen LogP contribution in [0.2, 0.25) is 0 Å². The molecule has 1 saturated carbocycles. The van der Waals surface area contributed by atoms with Gasteiger partial charge in [0.15, 0.2) is 11.5 Å². The smallest absolute Gasteiger partial charge is 0.161 e. The summed E-state index contributed by atoms with van der Waals surface area (Å²) in [7, 11) is 0. The Morgan fingerprint density at radius 2 is 1.90 bits per heavy atom. The van der Waals surface area contributed by atoms with Crippen molar-refractivity contribution in [3.8, 4) is 11.5 Å². The second-order valence-corrected chi connectivity index (χ2v) is 6.67. The maximum atomic E-state index is 5.93. The van der Waals surface area contributed by atoms with Gasteiger partial charge in [-0.3, -0.25) is 0 Å². The Balaban J connectivity index is 1.83. The summed E-state index contributed by atoms with van der Waals surface area (Å²) in [5.41, 5.74) is 1.33. The molecule has 0 aromatic heterocycles. The van der Waals surface area contributed by atoms with Crippen molar-refractivity contribution in [2.75, 3.05) is 19.8 Å². The standard InChI is InChI=1S/C18H27NO2/c1-4-19-18(13(3)14-5-6-14)15-7-8-16-17(9-15)21-11-12(2)10-20-16/h7-9,12-14,18-19H,4-6,10-11H2,1-3H3. The van der Waals surface area contributed by atoms with E-state index in [1.807, 2.05) is 0 Å². The van der Waals surface area contributed by atoms with Gasteiger partial charge in [-0.05, 0) is 48.9 Å². The first-order valence-electron chi connectivity index (χ1n) is 8.32. The third kappa shape index (κ3) is 3.34. The van der Waals surface area contributed by atoms with E-state index in [1.165, 1.54) is 18.4 Å². The molecule has 3 atom stereocenters. The van der Waals surface area contributed by atoms with Gasteiger partial charge in [0, 0.05) is 12.0 Å². The van der Waals surface area contributed by atoms with Crippen molar-refractivity contribution in [1.82, 2.24) is 5.32 Å². The highest BCUT2D eigenvalue weighted by Crippen LogP contribution is 2.44. The van der Waals surface area contributed by atoms with Crippen molar-refractivity contribution in [1.29, 1.82) is 0 Å². The molecule has 0 amide bonds. The Kier molecular flexibility index (Phi) is 4.39. The molecule has 1 N–H and O–H groups in total. The van der Waals surface area contributed by atoms with E-state index in [9.17, 15) is 0 Å². The maximum absolute atomic E-state index is 5.93. The Bertz CT molecular complexity index is 484. The summed E-state index contributed by atoms with van der Waals surface area (Å²) >= 11 is 0. The average molecular weight is 289 g/mol. The highest BCUT2D eigenvalue weighted by atomic mass is 16.5. The summed E-state index contributed by atoms with van der Waals surface area (Å²) in [5.74, 6) is 3.79. The summed E-state index contributed by atoms with van der Waals surface area (Å²) in [6, 6.07) is 6.87. The van der Waals surface area contributed by atoms with Crippen molar-refractivity contribution in [2.24, 2.45) is 17.8 Å². The van der Waals surface area contributed by atoms with Gasteiger partial charge in [0.25, 0.3) is 0 Å². The number of hydrogen-bond donors (Lipinski definition) is 1. The van der Waals surface area contributed by atoms with Crippen LogP contribution >= 0.6 is 0 Å². The van der Waals surface area contributed by atoms with E-state index >= 15 is 0 Å². The molecule has 1 fully saturated rings. The first kappa shape index (κ1) is 14.7. The van der Waals surface area contributed by atoms with Gasteiger partial charge in [-0.1, -0.05) is 26.8 Å². The molecule has 3 unspecified atom stereocenters. The van der Waals surface area contributed by atoms with Crippen molar-refractivity contribution in [2.45, 2.75) is 39.7 Å². The van der Waals surface area contributed by atoms with Crippen molar-refractivity contribution >= 4 is 0 Å². The molecule has 1 aliphatic carbocycles. The Labute approximate surface area is 128 Å². The largest absolute Gasteiger partial charge is 0.489 e. The minimum absolute atomic E-state index is 0.414. The van der Waals surface area contributed by atoms with Gasteiger partial charge in [0.1, 0.15) is 0 Å². The minimum atomic E-state index is 0.414. The lowest BCUT2D eigenvalue weighted by Crippen LogP contribution is -2.27. The van der Waals surface area contributed by atoms with Gasteiger partial charge in [0.05, 0.1) is 13.2 Å². The normalized spacial score (nSPS) is 24.2. The molecule has 0 radical (unpaired) electrons. The fourth-order valence-corrected chi connectivity index (χ4v) is 3.18. The van der Waals surface area contributed by atoms with Crippen LogP contribution in [-0.2, 0) is 0 Å². The monoisotopic (exact) mass is 289 g/mol. The second kappa shape index (κ2) is 6.27. The zero-order chi connectivity index (χ0) is 14.8. The topological polar surface area (TPSA) is 30.5 Å². The molecule has 3 heteroatoms. The fourth-order valence-electron chi connectivity index (χ4n) is 3.18. The molecule has 1 aliphatic heterocycles. The molecule has 2 aliphatic rings. The molecular weight excluding hydrogens is 262 g/mol. The van der Waals surface area contributed by atoms with Crippen LogP contribution < -0.4 is 14.8 Å². The highest BCUT2D eigenvalue weighted by Gasteiger charge is 2.34. The van der Waals surface area contributed by atoms with Crippen LogP contribution in [-0.4, -0.2) is 19.8 Å². The van der Waals surface area contributed by atoms with E-state index in [0.717, 1.165) is 37.2 Å².